The Morgan fingerprint density at radius 1 is 1.03 bits per heavy atom. The van der Waals surface area contributed by atoms with Gasteiger partial charge in [-0.05, 0) is 53.4 Å². The van der Waals surface area contributed by atoms with E-state index in [1.54, 1.807) is 14.2 Å². The maximum atomic E-state index is 13.5. The molecule has 0 saturated carbocycles. The number of oxazole rings is 1. The molecule has 3 aromatic carbocycles. The number of fused-ring (bicyclic) bond motifs is 2. The van der Waals surface area contributed by atoms with Crippen molar-refractivity contribution < 1.29 is 18.7 Å². The van der Waals surface area contributed by atoms with Crippen molar-refractivity contribution >= 4 is 28.8 Å². The van der Waals surface area contributed by atoms with Gasteiger partial charge >= 0.3 is 0 Å². The molecule has 0 saturated heterocycles. The maximum Gasteiger partial charge on any atom is 0.257 e. The lowest BCUT2D eigenvalue weighted by atomic mass is 9.97. The highest BCUT2D eigenvalue weighted by Crippen LogP contribution is 2.34. The van der Waals surface area contributed by atoms with Gasteiger partial charge in [-0.25, -0.2) is 4.98 Å². The molecule has 168 valence electrons. The van der Waals surface area contributed by atoms with Crippen LogP contribution in [0.15, 0.2) is 70.3 Å². The second-order valence-corrected chi connectivity index (χ2v) is 8.77. The number of nitrogens with zero attached hydrogens (tertiary/aromatic N) is 2. The Bertz CT molecular complexity index is 1280. The normalized spacial score (nSPS) is 13.1. The molecule has 0 radical (unpaired) electrons. The van der Waals surface area contributed by atoms with Crippen molar-refractivity contribution in [1.29, 1.82) is 0 Å². The number of hydrogen-bond donors (Lipinski definition) is 0. The third kappa shape index (κ3) is 4.28. The summed E-state index contributed by atoms with van der Waals surface area (Å²) in [5.74, 6) is 2.03. The van der Waals surface area contributed by atoms with Crippen molar-refractivity contribution in [2.45, 2.75) is 23.9 Å². The van der Waals surface area contributed by atoms with Crippen LogP contribution < -0.4 is 9.47 Å². The molecule has 5 rings (SSSR count). The second kappa shape index (κ2) is 9.19. The zero-order chi connectivity index (χ0) is 22.8. The highest BCUT2D eigenvalue weighted by molar-refractivity contribution is 7.98. The number of methoxy groups -OCH3 is 2. The number of aromatic nitrogens is 1. The van der Waals surface area contributed by atoms with E-state index in [4.69, 9.17) is 13.9 Å². The first-order valence-electron chi connectivity index (χ1n) is 10.8. The first kappa shape index (κ1) is 21.4. The number of para-hydroxylation sites is 2. The largest absolute Gasteiger partial charge is 0.493 e. The van der Waals surface area contributed by atoms with Crippen molar-refractivity contribution in [3.8, 4) is 11.5 Å². The average Bonchev–Trinajstić information content (AvgIpc) is 3.29. The number of amides is 1. The second-order valence-electron chi connectivity index (χ2n) is 7.85. The molecule has 1 aliphatic rings. The van der Waals surface area contributed by atoms with Gasteiger partial charge in [0.15, 0.2) is 17.1 Å². The van der Waals surface area contributed by atoms with Crippen LogP contribution >= 0.6 is 11.8 Å². The van der Waals surface area contributed by atoms with E-state index in [1.165, 1.54) is 17.3 Å². The molecule has 0 unspecified atom stereocenters. The zero-order valence-corrected chi connectivity index (χ0v) is 19.4. The highest BCUT2D eigenvalue weighted by atomic mass is 32.2. The highest BCUT2D eigenvalue weighted by Gasteiger charge is 2.25. The Hall–Kier alpha value is -3.45. The summed E-state index contributed by atoms with van der Waals surface area (Å²) in [6.45, 7) is 1.20. The molecule has 1 aromatic heterocycles. The average molecular weight is 461 g/mol. The van der Waals surface area contributed by atoms with Crippen LogP contribution in [0.3, 0.4) is 0 Å². The van der Waals surface area contributed by atoms with Crippen molar-refractivity contribution in [3.63, 3.8) is 0 Å². The van der Waals surface area contributed by atoms with E-state index in [0.29, 0.717) is 35.4 Å². The summed E-state index contributed by atoms with van der Waals surface area (Å²) in [7, 11) is 3.26. The zero-order valence-electron chi connectivity index (χ0n) is 18.5. The number of benzene rings is 3. The Kier molecular flexibility index (Phi) is 5.96. The lowest BCUT2D eigenvalue weighted by molar-refractivity contribution is 0.0733. The first-order chi connectivity index (χ1) is 16.2. The molecule has 4 aromatic rings. The molecule has 2 heterocycles. The summed E-state index contributed by atoms with van der Waals surface area (Å²) in [5, 5.41) is 0.603. The summed E-state index contributed by atoms with van der Waals surface area (Å²) >= 11 is 1.50. The van der Waals surface area contributed by atoms with Gasteiger partial charge in [-0.15, -0.1) is 0 Å². The van der Waals surface area contributed by atoms with E-state index in [2.05, 4.69) is 4.98 Å². The molecule has 0 spiro atoms. The molecule has 0 bridgehead atoms. The third-order valence-electron chi connectivity index (χ3n) is 5.88. The molecule has 0 fully saturated rings. The van der Waals surface area contributed by atoms with E-state index in [0.717, 1.165) is 34.4 Å². The van der Waals surface area contributed by atoms with Gasteiger partial charge in [0.25, 0.3) is 11.1 Å². The Balaban J connectivity index is 1.34. The molecular formula is C26H24N2O4S. The minimum Gasteiger partial charge on any atom is -0.493 e. The molecule has 1 amide bonds. The maximum absolute atomic E-state index is 13.5. The molecular weight excluding hydrogens is 436 g/mol. The molecule has 33 heavy (non-hydrogen) atoms. The van der Waals surface area contributed by atoms with E-state index < -0.39 is 0 Å². The minimum absolute atomic E-state index is 0.0317. The van der Waals surface area contributed by atoms with Crippen molar-refractivity contribution in [2.75, 3.05) is 20.8 Å². The van der Waals surface area contributed by atoms with Crippen LogP contribution in [0.4, 0.5) is 0 Å². The minimum atomic E-state index is 0.0317. The smallest absolute Gasteiger partial charge is 0.257 e. The van der Waals surface area contributed by atoms with Crippen LogP contribution in [0.1, 0.15) is 27.0 Å². The topological polar surface area (TPSA) is 64.8 Å². The predicted octanol–water partition coefficient (Wildman–Crippen LogP) is 5.34. The first-order valence-corrected chi connectivity index (χ1v) is 11.7. The monoisotopic (exact) mass is 460 g/mol. The third-order valence-corrected chi connectivity index (χ3v) is 6.76. The van der Waals surface area contributed by atoms with Gasteiger partial charge in [0.1, 0.15) is 5.52 Å². The Morgan fingerprint density at radius 2 is 1.76 bits per heavy atom. The van der Waals surface area contributed by atoms with Gasteiger partial charge < -0.3 is 18.8 Å². The number of hydrogen-bond acceptors (Lipinski definition) is 6. The number of carbonyl (C=O) groups is 1. The van der Waals surface area contributed by atoms with Crippen LogP contribution in [-0.4, -0.2) is 36.6 Å². The lowest BCUT2D eigenvalue weighted by Crippen LogP contribution is -2.36. The predicted molar refractivity (Wildman–Crippen MR) is 128 cm³/mol. The fourth-order valence-corrected chi connectivity index (χ4v) is 4.98. The summed E-state index contributed by atoms with van der Waals surface area (Å²) in [5.41, 5.74) is 5.56. The quantitative estimate of drug-likeness (QED) is 0.362. The standard InChI is InChI=1S/C26H24N2O4S/c1-30-23-13-17-11-12-28(15-19(17)14-24(23)31-2)25(29)20-8-4-3-7-18(20)16-33-26-27-21-9-5-6-10-22(21)32-26/h3-10,13-14H,11-12,15-16H2,1-2H3. The summed E-state index contributed by atoms with van der Waals surface area (Å²) < 4.78 is 16.7. The van der Waals surface area contributed by atoms with E-state index in [9.17, 15) is 4.79 Å². The van der Waals surface area contributed by atoms with Gasteiger partial charge in [0.05, 0.1) is 14.2 Å². The van der Waals surface area contributed by atoms with E-state index in [1.807, 2.05) is 65.6 Å². The fourth-order valence-electron chi connectivity index (χ4n) is 4.13. The fraction of sp³-hybridized carbons (Fsp3) is 0.231. The number of carbonyl (C=O) groups excluding carboxylic acids is 1. The molecule has 0 atom stereocenters. The molecule has 1 aliphatic heterocycles. The Morgan fingerprint density at radius 3 is 2.55 bits per heavy atom. The van der Waals surface area contributed by atoms with E-state index in [-0.39, 0.29) is 5.91 Å². The summed E-state index contributed by atoms with van der Waals surface area (Å²) in [4.78, 5) is 19.9. The molecule has 0 aliphatic carbocycles. The van der Waals surface area contributed by atoms with Crippen molar-refractivity contribution in [3.05, 3.63) is 82.9 Å². The summed E-state index contributed by atoms with van der Waals surface area (Å²) in [6.07, 6.45) is 0.779. The van der Waals surface area contributed by atoms with Crippen LogP contribution in [0, 0.1) is 0 Å². The van der Waals surface area contributed by atoms with Gasteiger partial charge in [0, 0.05) is 24.4 Å². The number of thioether (sulfide) groups is 1. The van der Waals surface area contributed by atoms with Gasteiger partial charge in [-0.2, -0.15) is 0 Å². The van der Waals surface area contributed by atoms with Gasteiger partial charge in [0.2, 0.25) is 0 Å². The van der Waals surface area contributed by atoms with Gasteiger partial charge in [-0.3, -0.25) is 4.79 Å². The van der Waals surface area contributed by atoms with Crippen LogP contribution in [0.5, 0.6) is 11.5 Å². The number of ether oxygens (including phenoxy) is 2. The lowest BCUT2D eigenvalue weighted by Gasteiger charge is -2.30. The molecule has 0 N–H and O–H groups in total. The SMILES string of the molecule is COc1cc2c(cc1OC)CN(C(=O)c1ccccc1CSc1nc3ccccc3o1)CC2. The molecule has 6 nitrogen and oxygen atoms in total. The van der Waals surface area contributed by atoms with Crippen LogP contribution in [0.25, 0.3) is 11.1 Å². The number of rotatable bonds is 6. The van der Waals surface area contributed by atoms with Crippen LogP contribution in [-0.2, 0) is 18.7 Å². The van der Waals surface area contributed by atoms with E-state index >= 15 is 0 Å². The van der Waals surface area contributed by atoms with Crippen molar-refractivity contribution in [2.24, 2.45) is 0 Å². The Labute approximate surface area is 196 Å². The summed E-state index contributed by atoms with van der Waals surface area (Å²) in [6, 6.07) is 19.5. The van der Waals surface area contributed by atoms with Gasteiger partial charge in [-0.1, -0.05) is 42.1 Å². The van der Waals surface area contributed by atoms with Crippen LogP contribution in [0.2, 0.25) is 0 Å². The van der Waals surface area contributed by atoms with Crippen molar-refractivity contribution in [1.82, 2.24) is 9.88 Å². The molecule has 7 heteroatoms.